The zero-order valence-corrected chi connectivity index (χ0v) is 12.3. The highest BCUT2D eigenvalue weighted by molar-refractivity contribution is 5.98. The zero-order valence-electron chi connectivity index (χ0n) is 12.3. The van der Waals surface area contributed by atoms with Crippen molar-refractivity contribution in [1.82, 2.24) is 4.90 Å². The Bertz CT molecular complexity index is 536. The smallest absolute Gasteiger partial charge is 0.247 e. The molecule has 0 aromatic heterocycles. The van der Waals surface area contributed by atoms with Gasteiger partial charge >= 0.3 is 0 Å². The van der Waals surface area contributed by atoms with E-state index in [1.165, 1.54) is 38.2 Å². The summed E-state index contributed by atoms with van der Waals surface area (Å²) in [5, 5.41) is 2.81. The fourth-order valence-corrected chi connectivity index (χ4v) is 3.21. The Kier molecular flexibility index (Phi) is 4.25. The van der Waals surface area contributed by atoms with Gasteiger partial charge in [-0.3, -0.25) is 9.69 Å². The van der Waals surface area contributed by atoms with Gasteiger partial charge in [-0.15, -0.1) is 0 Å². The predicted molar refractivity (Wildman–Crippen MR) is 83.2 cm³/mol. The van der Waals surface area contributed by atoms with Crippen LogP contribution in [0.1, 0.15) is 37.7 Å². The first kappa shape index (κ1) is 14.1. The van der Waals surface area contributed by atoms with Crippen molar-refractivity contribution in [3.05, 3.63) is 36.4 Å². The first-order valence-corrected chi connectivity index (χ1v) is 7.69. The number of benzene rings is 1. The average Bonchev–Trinajstić information content (AvgIpc) is 2.55. The minimum Gasteiger partial charge on any atom is -0.478 e. The molecule has 3 rings (SSSR count). The van der Waals surface area contributed by atoms with E-state index in [2.05, 4.69) is 16.8 Å². The highest BCUT2D eigenvalue weighted by atomic mass is 16.5. The van der Waals surface area contributed by atoms with Gasteiger partial charge in [-0.1, -0.05) is 25.8 Å². The van der Waals surface area contributed by atoms with Crippen molar-refractivity contribution >= 4 is 11.6 Å². The summed E-state index contributed by atoms with van der Waals surface area (Å²) in [6, 6.07) is 6.45. The van der Waals surface area contributed by atoms with Crippen molar-refractivity contribution in [1.29, 1.82) is 0 Å². The maximum Gasteiger partial charge on any atom is 0.247 e. The van der Waals surface area contributed by atoms with Crippen LogP contribution in [-0.2, 0) is 11.3 Å². The standard InChI is InChI=1S/C17H22N2O2/c1-2-17(20)18-14-8-9-16-13(10-14)11-19(12-21-16)15-6-4-3-5-7-15/h2,8-10,15H,1,3-7,11-12H2,(H,18,20). The third-order valence-corrected chi connectivity index (χ3v) is 4.36. The van der Waals surface area contributed by atoms with Gasteiger partial charge in [-0.05, 0) is 37.1 Å². The SMILES string of the molecule is C=CC(=O)Nc1ccc2c(c1)CN(C1CCCCC1)CO2. The summed E-state index contributed by atoms with van der Waals surface area (Å²) in [7, 11) is 0. The van der Waals surface area contributed by atoms with Crippen LogP contribution in [0, 0.1) is 0 Å². The summed E-state index contributed by atoms with van der Waals surface area (Å²) in [4.78, 5) is 13.8. The Morgan fingerprint density at radius 1 is 1.33 bits per heavy atom. The second-order valence-corrected chi connectivity index (χ2v) is 5.83. The molecule has 21 heavy (non-hydrogen) atoms. The molecule has 1 aromatic carbocycles. The molecule has 0 bridgehead atoms. The number of amides is 1. The van der Waals surface area contributed by atoms with Gasteiger partial charge in [0.1, 0.15) is 12.5 Å². The van der Waals surface area contributed by atoms with Crippen LogP contribution in [-0.4, -0.2) is 23.6 Å². The van der Waals surface area contributed by atoms with E-state index in [9.17, 15) is 4.79 Å². The van der Waals surface area contributed by atoms with Gasteiger partial charge in [0.15, 0.2) is 0 Å². The average molecular weight is 286 g/mol. The molecule has 1 aromatic rings. The van der Waals surface area contributed by atoms with E-state index in [4.69, 9.17) is 4.74 Å². The third kappa shape index (κ3) is 3.27. The number of hydrogen-bond donors (Lipinski definition) is 1. The molecule has 112 valence electrons. The number of nitrogens with one attached hydrogen (secondary N) is 1. The Balaban J connectivity index is 1.72. The van der Waals surface area contributed by atoms with E-state index >= 15 is 0 Å². The van der Waals surface area contributed by atoms with E-state index in [0.29, 0.717) is 12.8 Å². The minimum atomic E-state index is -0.184. The van der Waals surface area contributed by atoms with Crippen LogP contribution in [0.5, 0.6) is 5.75 Å². The lowest BCUT2D eigenvalue weighted by Gasteiger charge is -2.37. The Hall–Kier alpha value is -1.81. The maximum absolute atomic E-state index is 11.4. The molecule has 0 unspecified atom stereocenters. The number of anilines is 1. The summed E-state index contributed by atoms with van der Waals surface area (Å²) < 4.78 is 5.87. The van der Waals surface area contributed by atoms with Crippen molar-refractivity contribution in [3.63, 3.8) is 0 Å². The zero-order chi connectivity index (χ0) is 14.7. The van der Waals surface area contributed by atoms with Gasteiger partial charge in [-0.2, -0.15) is 0 Å². The fourth-order valence-electron chi connectivity index (χ4n) is 3.21. The van der Waals surface area contributed by atoms with Crippen molar-refractivity contribution in [2.24, 2.45) is 0 Å². The lowest BCUT2D eigenvalue weighted by Crippen LogP contribution is -2.41. The highest BCUT2D eigenvalue weighted by Crippen LogP contribution is 2.31. The number of nitrogens with zero attached hydrogens (tertiary/aromatic N) is 1. The lowest BCUT2D eigenvalue weighted by atomic mass is 9.94. The van der Waals surface area contributed by atoms with E-state index in [1.54, 1.807) is 0 Å². The highest BCUT2D eigenvalue weighted by Gasteiger charge is 2.25. The maximum atomic E-state index is 11.4. The summed E-state index contributed by atoms with van der Waals surface area (Å²) in [5.41, 5.74) is 1.95. The van der Waals surface area contributed by atoms with E-state index in [-0.39, 0.29) is 5.91 Å². The molecule has 1 aliphatic carbocycles. The largest absolute Gasteiger partial charge is 0.478 e. The molecular weight excluding hydrogens is 264 g/mol. The van der Waals surface area contributed by atoms with E-state index < -0.39 is 0 Å². The van der Waals surface area contributed by atoms with Crippen molar-refractivity contribution in [2.75, 3.05) is 12.0 Å². The Morgan fingerprint density at radius 3 is 2.90 bits per heavy atom. The van der Waals surface area contributed by atoms with E-state index in [1.807, 2.05) is 18.2 Å². The van der Waals surface area contributed by atoms with Gasteiger partial charge in [0.25, 0.3) is 0 Å². The van der Waals surface area contributed by atoms with Crippen molar-refractivity contribution in [3.8, 4) is 5.75 Å². The summed E-state index contributed by atoms with van der Waals surface area (Å²) >= 11 is 0. The first-order chi connectivity index (χ1) is 10.3. The number of fused-ring (bicyclic) bond motifs is 1. The summed E-state index contributed by atoms with van der Waals surface area (Å²) in [5.74, 6) is 0.745. The molecule has 1 aliphatic heterocycles. The van der Waals surface area contributed by atoms with Gasteiger partial charge in [-0.25, -0.2) is 0 Å². The number of hydrogen-bond acceptors (Lipinski definition) is 3. The molecular formula is C17H22N2O2. The number of carbonyl (C=O) groups is 1. The van der Waals surface area contributed by atoms with Crippen molar-refractivity contribution in [2.45, 2.75) is 44.7 Å². The van der Waals surface area contributed by atoms with E-state index in [0.717, 1.165) is 23.5 Å². The van der Waals surface area contributed by atoms with Crippen LogP contribution < -0.4 is 10.1 Å². The van der Waals surface area contributed by atoms with Gasteiger partial charge in [0.2, 0.25) is 5.91 Å². The quantitative estimate of drug-likeness (QED) is 0.867. The van der Waals surface area contributed by atoms with Crippen LogP contribution in [0.3, 0.4) is 0 Å². The predicted octanol–water partition coefficient (Wildman–Crippen LogP) is 3.30. The molecule has 2 aliphatic rings. The molecule has 0 saturated heterocycles. The topological polar surface area (TPSA) is 41.6 Å². The second kappa shape index (κ2) is 6.31. The number of ether oxygens (including phenoxy) is 1. The van der Waals surface area contributed by atoms with Crippen LogP contribution >= 0.6 is 0 Å². The second-order valence-electron chi connectivity index (χ2n) is 5.83. The molecule has 1 amide bonds. The Labute approximate surface area is 125 Å². The molecule has 4 nitrogen and oxygen atoms in total. The van der Waals surface area contributed by atoms with Gasteiger partial charge in [0.05, 0.1) is 0 Å². The fraction of sp³-hybridized carbons (Fsp3) is 0.471. The minimum absolute atomic E-state index is 0.184. The van der Waals surface area contributed by atoms with Crippen LogP contribution in [0.2, 0.25) is 0 Å². The summed E-state index contributed by atoms with van der Waals surface area (Å²) in [6.07, 6.45) is 7.83. The molecule has 1 fully saturated rings. The molecule has 1 saturated carbocycles. The van der Waals surface area contributed by atoms with Crippen LogP contribution in [0.15, 0.2) is 30.9 Å². The molecule has 1 N–H and O–H groups in total. The van der Waals surface area contributed by atoms with Crippen LogP contribution in [0.25, 0.3) is 0 Å². The van der Waals surface area contributed by atoms with Gasteiger partial charge < -0.3 is 10.1 Å². The number of carbonyl (C=O) groups excluding carboxylic acids is 1. The molecule has 0 radical (unpaired) electrons. The monoisotopic (exact) mass is 286 g/mol. The first-order valence-electron chi connectivity index (χ1n) is 7.69. The molecule has 0 atom stereocenters. The molecule has 0 spiro atoms. The number of rotatable bonds is 3. The molecule has 1 heterocycles. The van der Waals surface area contributed by atoms with Gasteiger partial charge in [0, 0.05) is 23.8 Å². The Morgan fingerprint density at radius 2 is 2.14 bits per heavy atom. The van der Waals surface area contributed by atoms with Crippen LogP contribution in [0.4, 0.5) is 5.69 Å². The molecule has 4 heteroatoms. The third-order valence-electron chi connectivity index (χ3n) is 4.36. The van der Waals surface area contributed by atoms with Crippen molar-refractivity contribution < 1.29 is 9.53 Å². The lowest BCUT2D eigenvalue weighted by molar-refractivity contribution is -0.111. The normalized spacial score (nSPS) is 19.4. The summed E-state index contributed by atoms with van der Waals surface area (Å²) in [6.45, 7) is 5.05.